The number of nitrogens with zero attached hydrogens (tertiary/aromatic N) is 3. The molecule has 0 aliphatic carbocycles. The van der Waals surface area contributed by atoms with Gasteiger partial charge in [-0.2, -0.15) is 4.98 Å². The molecule has 7 nitrogen and oxygen atoms in total. The van der Waals surface area contributed by atoms with Gasteiger partial charge >= 0.3 is 5.69 Å². The molecule has 0 spiro atoms. The van der Waals surface area contributed by atoms with Gasteiger partial charge < -0.3 is 10.6 Å². The number of hydrogen-bond acceptors (Lipinski definition) is 6. The summed E-state index contributed by atoms with van der Waals surface area (Å²) in [6.45, 7) is 4.47. The van der Waals surface area contributed by atoms with E-state index in [0.29, 0.717) is 18.2 Å². The zero-order chi connectivity index (χ0) is 15.4. The standard InChI is InChI=1S/C13H14BrN5O2/c1-3-15-13-16-7-10(19(20)21)12(18-13)17-9-6-4-5-8(2)11(9)14/h4-7H,3H2,1-2H3,(H2,15,16,17,18). The minimum atomic E-state index is -0.512. The highest BCUT2D eigenvalue weighted by atomic mass is 79.9. The molecule has 2 aromatic rings. The molecule has 0 aliphatic heterocycles. The summed E-state index contributed by atoms with van der Waals surface area (Å²) in [6, 6.07) is 5.62. The first kappa shape index (κ1) is 15.2. The molecule has 1 heterocycles. The number of aromatic nitrogens is 2. The van der Waals surface area contributed by atoms with Gasteiger partial charge in [-0.1, -0.05) is 12.1 Å². The van der Waals surface area contributed by atoms with E-state index in [-0.39, 0.29) is 11.5 Å². The van der Waals surface area contributed by atoms with Crippen LogP contribution in [0.1, 0.15) is 12.5 Å². The first-order chi connectivity index (χ1) is 10.0. The highest BCUT2D eigenvalue weighted by Crippen LogP contribution is 2.31. The molecule has 2 rings (SSSR count). The van der Waals surface area contributed by atoms with Crippen LogP contribution >= 0.6 is 15.9 Å². The molecular formula is C13H14BrN5O2. The third-order valence-corrected chi connectivity index (χ3v) is 3.80. The Morgan fingerprint density at radius 3 is 2.86 bits per heavy atom. The molecule has 0 saturated carbocycles. The van der Waals surface area contributed by atoms with E-state index in [2.05, 4.69) is 36.5 Å². The Bertz CT molecular complexity index is 678. The number of aryl methyl sites for hydroxylation is 1. The number of anilines is 3. The topological polar surface area (TPSA) is 93.0 Å². The van der Waals surface area contributed by atoms with Crippen LogP contribution in [0.2, 0.25) is 0 Å². The first-order valence-electron chi connectivity index (χ1n) is 6.30. The zero-order valence-electron chi connectivity index (χ0n) is 11.6. The second-order valence-electron chi connectivity index (χ2n) is 4.28. The summed E-state index contributed by atoms with van der Waals surface area (Å²) in [5.41, 5.74) is 1.55. The van der Waals surface area contributed by atoms with Crippen LogP contribution in [0.15, 0.2) is 28.9 Å². The highest BCUT2D eigenvalue weighted by Gasteiger charge is 2.18. The number of nitro groups is 1. The fourth-order valence-corrected chi connectivity index (χ4v) is 2.08. The lowest BCUT2D eigenvalue weighted by Crippen LogP contribution is -2.07. The van der Waals surface area contributed by atoms with Gasteiger partial charge in [-0.15, -0.1) is 0 Å². The molecule has 8 heteroatoms. The molecule has 110 valence electrons. The van der Waals surface area contributed by atoms with Gasteiger partial charge in [0.1, 0.15) is 6.20 Å². The number of rotatable bonds is 5. The predicted octanol–water partition coefficient (Wildman–Crippen LogP) is 3.63. The molecule has 21 heavy (non-hydrogen) atoms. The van der Waals surface area contributed by atoms with Crippen molar-refractivity contribution in [3.63, 3.8) is 0 Å². The summed E-state index contributed by atoms with van der Waals surface area (Å²) < 4.78 is 0.836. The summed E-state index contributed by atoms with van der Waals surface area (Å²) in [5, 5.41) is 17.0. The number of hydrogen-bond donors (Lipinski definition) is 2. The maximum absolute atomic E-state index is 11.1. The molecule has 0 bridgehead atoms. The first-order valence-corrected chi connectivity index (χ1v) is 7.09. The van der Waals surface area contributed by atoms with Crippen molar-refractivity contribution < 1.29 is 4.92 Å². The van der Waals surface area contributed by atoms with Crippen LogP contribution in [0.3, 0.4) is 0 Å². The van der Waals surface area contributed by atoms with Gasteiger partial charge in [0.05, 0.1) is 10.6 Å². The van der Waals surface area contributed by atoms with E-state index in [1.807, 2.05) is 32.0 Å². The monoisotopic (exact) mass is 351 g/mol. The van der Waals surface area contributed by atoms with Crippen molar-refractivity contribution in [3.8, 4) is 0 Å². The zero-order valence-corrected chi connectivity index (χ0v) is 13.1. The Kier molecular flexibility index (Phi) is 4.69. The van der Waals surface area contributed by atoms with Crippen molar-refractivity contribution in [2.24, 2.45) is 0 Å². The largest absolute Gasteiger partial charge is 0.354 e. The van der Waals surface area contributed by atoms with Gasteiger partial charge in [0, 0.05) is 11.0 Å². The van der Waals surface area contributed by atoms with Crippen LogP contribution < -0.4 is 10.6 Å². The molecule has 1 aromatic carbocycles. The average Bonchev–Trinajstić information content (AvgIpc) is 2.44. The van der Waals surface area contributed by atoms with E-state index in [1.165, 1.54) is 6.20 Å². The van der Waals surface area contributed by atoms with Crippen molar-refractivity contribution >= 4 is 39.1 Å². The van der Waals surface area contributed by atoms with Crippen LogP contribution in [0, 0.1) is 17.0 Å². The van der Waals surface area contributed by atoms with E-state index < -0.39 is 4.92 Å². The van der Waals surface area contributed by atoms with Crippen LogP contribution in [-0.2, 0) is 0 Å². The second kappa shape index (κ2) is 6.49. The van der Waals surface area contributed by atoms with Gasteiger partial charge in [-0.25, -0.2) is 4.98 Å². The molecule has 0 atom stereocenters. The number of halogens is 1. The summed E-state index contributed by atoms with van der Waals surface area (Å²) in [4.78, 5) is 18.6. The lowest BCUT2D eigenvalue weighted by molar-refractivity contribution is -0.384. The Hall–Kier alpha value is -2.22. The van der Waals surface area contributed by atoms with Crippen molar-refractivity contribution in [1.82, 2.24) is 9.97 Å². The molecule has 1 aromatic heterocycles. The normalized spacial score (nSPS) is 10.2. The SMILES string of the molecule is CCNc1ncc([N+](=O)[O-])c(Nc2cccc(C)c2Br)n1. The molecule has 0 radical (unpaired) electrons. The summed E-state index contributed by atoms with van der Waals surface area (Å²) in [7, 11) is 0. The maximum atomic E-state index is 11.1. The Morgan fingerprint density at radius 1 is 1.43 bits per heavy atom. The number of benzene rings is 1. The van der Waals surface area contributed by atoms with E-state index in [9.17, 15) is 10.1 Å². The Labute approximate surface area is 130 Å². The lowest BCUT2D eigenvalue weighted by atomic mass is 10.2. The third kappa shape index (κ3) is 3.46. The van der Waals surface area contributed by atoms with Gasteiger partial charge in [0.15, 0.2) is 0 Å². The highest BCUT2D eigenvalue weighted by molar-refractivity contribution is 9.10. The molecule has 2 N–H and O–H groups in total. The molecule has 0 aliphatic rings. The van der Waals surface area contributed by atoms with Gasteiger partial charge in [-0.3, -0.25) is 10.1 Å². The molecule has 0 unspecified atom stereocenters. The Morgan fingerprint density at radius 2 is 2.19 bits per heavy atom. The van der Waals surface area contributed by atoms with E-state index in [4.69, 9.17) is 0 Å². The van der Waals surface area contributed by atoms with Gasteiger partial charge in [0.25, 0.3) is 0 Å². The van der Waals surface area contributed by atoms with Gasteiger partial charge in [0.2, 0.25) is 11.8 Å². The Balaban J connectivity index is 2.43. The summed E-state index contributed by atoms with van der Waals surface area (Å²) >= 11 is 3.46. The van der Waals surface area contributed by atoms with Crippen LogP contribution in [-0.4, -0.2) is 21.4 Å². The summed E-state index contributed by atoms with van der Waals surface area (Å²) in [6.07, 6.45) is 1.19. The average molecular weight is 352 g/mol. The summed E-state index contributed by atoms with van der Waals surface area (Å²) in [5.74, 6) is 0.492. The molecule has 0 fully saturated rings. The minimum Gasteiger partial charge on any atom is -0.354 e. The second-order valence-corrected chi connectivity index (χ2v) is 5.07. The van der Waals surface area contributed by atoms with E-state index in [0.717, 1.165) is 10.0 Å². The van der Waals surface area contributed by atoms with E-state index in [1.54, 1.807) is 0 Å². The molecule has 0 amide bonds. The molecule has 0 saturated heterocycles. The smallest absolute Gasteiger partial charge is 0.329 e. The fraction of sp³-hybridized carbons (Fsp3) is 0.231. The quantitative estimate of drug-likeness (QED) is 0.631. The van der Waals surface area contributed by atoms with Crippen molar-refractivity contribution in [1.29, 1.82) is 0 Å². The number of nitrogens with one attached hydrogen (secondary N) is 2. The minimum absolute atomic E-state index is 0.150. The lowest BCUT2D eigenvalue weighted by Gasteiger charge is -2.10. The molecular weight excluding hydrogens is 338 g/mol. The van der Waals surface area contributed by atoms with Crippen molar-refractivity contribution in [2.45, 2.75) is 13.8 Å². The van der Waals surface area contributed by atoms with E-state index >= 15 is 0 Å². The third-order valence-electron chi connectivity index (χ3n) is 2.75. The van der Waals surface area contributed by atoms with Crippen LogP contribution in [0.4, 0.5) is 23.1 Å². The van der Waals surface area contributed by atoms with Gasteiger partial charge in [-0.05, 0) is 41.4 Å². The van der Waals surface area contributed by atoms with Crippen LogP contribution in [0.5, 0.6) is 0 Å². The van der Waals surface area contributed by atoms with Crippen LogP contribution in [0.25, 0.3) is 0 Å². The van der Waals surface area contributed by atoms with Crippen molar-refractivity contribution in [2.75, 3.05) is 17.2 Å². The van der Waals surface area contributed by atoms with Crippen molar-refractivity contribution in [3.05, 3.63) is 44.5 Å². The maximum Gasteiger partial charge on any atom is 0.329 e. The fourth-order valence-electron chi connectivity index (χ4n) is 1.72. The predicted molar refractivity (Wildman–Crippen MR) is 85.0 cm³/mol.